The summed E-state index contributed by atoms with van der Waals surface area (Å²) in [7, 11) is 1.57. The van der Waals surface area contributed by atoms with E-state index < -0.39 is 18.2 Å². The number of carboxylic acid groups (broad SMARTS) is 1. The average Bonchev–Trinajstić information content (AvgIpc) is 3.27. The van der Waals surface area contributed by atoms with E-state index in [0.717, 1.165) is 16.6 Å². The number of aliphatic carboxylic acids is 1. The molecule has 0 aliphatic carbocycles. The molecule has 11 nitrogen and oxygen atoms in total. The Labute approximate surface area is 213 Å². The molecule has 37 heavy (non-hydrogen) atoms. The number of carbonyl (C=O) groups excluding carboxylic acids is 1. The highest BCUT2D eigenvalue weighted by Crippen LogP contribution is 2.35. The molecule has 4 heterocycles. The summed E-state index contributed by atoms with van der Waals surface area (Å²) in [6.07, 6.45) is 2.18. The number of pyridine rings is 2. The van der Waals surface area contributed by atoms with E-state index in [1.807, 2.05) is 12.1 Å². The minimum Gasteiger partial charge on any atom is -0.486 e. The smallest absolute Gasteiger partial charge is 0.414 e. The number of carboxylic acids is 1. The topological polar surface area (TPSA) is 124 Å². The molecule has 1 fully saturated rings. The molecule has 5 rings (SSSR count). The first-order valence-corrected chi connectivity index (χ1v) is 12.1. The van der Waals surface area contributed by atoms with Gasteiger partial charge in [-0.1, -0.05) is 0 Å². The molecule has 1 atom stereocenters. The predicted octanol–water partition coefficient (Wildman–Crippen LogP) is 2.75. The van der Waals surface area contributed by atoms with Gasteiger partial charge >= 0.3 is 12.1 Å². The highest BCUT2D eigenvalue weighted by Gasteiger charge is 2.34. The zero-order chi connectivity index (χ0) is 25.8. The zero-order valence-corrected chi connectivity index (χ0v) is 20.5. The Hall–Kier alpha value is -4.12. The summed E-state index contributed by atoms with van der Waals surface area (Å²) in [5, 5.41) is 9.45. The summed E-state index contributed by atoms with van der Waals surface area (Å²) in [4.78, 5) is 36.3. The Morgan fingerprint density at radius 1 is 1.19 bits per heavy atom. The fourth-order valence-electron chi connectivity index (χ4n) is 4.61. The van der Waals surface area contributed by atoms with Crippen molar-refractivity contribution in [3.8, 4) is 17.4 Å². The number of fused-ring (bicyclic) bond motifs is 2. The van der Waals surface area contributed by atoms with Crippen LogP contribution in [-0.4, -0.2) is 84.6 Å². The van der Waals surface area contributed by atoms with Gasteiger partial charge in [0.2, 0.25) is 5.88 Å². The van der Waals surface area contributed by atoms with E-state index in [1.165, 1.54) is 4.90 Å². The van der Waals surface area contributed by atoms with Crippen LogP contribution in [0.2, 0.25) is 0 Å². The van der Waals surface area contributed by atoms with Crippen molar-refractivity contribution in [2.45, 2.75) is 18.9 Å². The molecule has 11 heteroatoms. The van der Waals surface area contributed by atoms with Crippen LogP contribution >= 0.6 is 0 Å². The Bertz CT molecular complexity index is 1300. The van der Waals surface area contributed by atoms with Gasteiger partial charge < -0.3 is 24.1 Å². The monoisotopic (exact) mass is 508 g/mol. The predicted molar refractivity (Wildman–Crippen MR) is 134 cm³/mol. The summed E-state index contributed by atoms with van der Waals surface area (Å²) in [6, 6.07) is 10.9. The number of aromatic nitrogens is 2. The molecule has 0 bridgehead atoms. The third-order valence-corrected chi connectivity index (χ3v) is 6.30. The minimum atomic E-state index is -0.936. The van der Waals surface area contributed by atoms with Gasteiger partial charge in [-0.15, -0.1) is 0 Å². The number of anilines is 1. The number of amides is 1. The van der Waals surface area contributed by atoms with Gasteiger partial charge in [-0.05, 0) is 49.2 Å². The van der Waals surface area contributed by atoms with Crippen molar-refractivity contribution >= 4 is 28.8 Å². The van der Waals surface area contributed by atoms with Crippen LogP contribution in [0.15, 0.2) is 42.6 Å². The molecule has 1 amide bonds. The van der Waals surface area contributed by atoms with E-state index in [0.29, 0.717) is 68.8 Å². The van der Waals surface area contributed by atoms with E-state index in [4.69, 9.17) is 18.9 Å². The summed E-state index contributed by atoms with van der Waals surface area (Å²) >= 11 is 0. The van der Waals surface area contributed by atoms with E-state index in [2.05, 4.69) is 9.97 Å². The highest BCUT2D eigenvalue weighted by atomic mass is 16.6. The molecule has 1 N–H and O–H groups in total. The summed E-state index contributed by atoms with van der Waals surface area (Å²) in [5.74, 6) is 0.805. The number of rotatable bonds is 10. The number of ether oxygens (including phenoxy) is 4. The molecule has 0 saturated carbocycles. The number of nitrogens with zero attached hydrogens (tertiary/aromatic N) is 4. The normalized spacial score (nSPS) is 16.8. The lowest BCUT2D eigenvalue weighted by Crippen LogP contribution is -2.38. The molecule has 3 aromatic rings. The summed E-state index contributed by atoms with van der Waals surface area (Å²) < 4.78 is 22.0. The van der Waals surface area contributed by atoms with E-state index in [1.54, 1.807) is 42.5 Å². The van der Waals surface area contributed by atoms with Crippen molar-refractivity contribution in [1.29, 1.82) is 0 Å². The lowest BCUT2D eigenvalue weighted by atomic mass is 10.1. The number of cyclic esters (lactones) is 1. The van der Waals surface area contributed by atoms with Crippen molar-refractivity contribution in [2.75, 3.05) is 51.4 Å². The zero-order valence-electron chi connectivity index (χ0n) is 20.5. The Kier molecular flexibility index (Phi) is 7.22. The molecule has 2 aromatic heterocycles. The van der Waals surface area contributed by atoms with Crippen LogP contribution in [0.1, 0.15) is 12.0 Å². The Balaban J connectivity index is 1.22. The largest absolute Gasteiger partial charge is 0.486 e. The maximum absolute atomic E-state index is 12.6. The first-order chi connectivity index (χ1) is 18.0. The van der Waals surface area contributed by atoms with Crippen molar-refractivity contribution in [1.82, 2.24) is 14.9 Å². The van der Waals surface area contributed by atoms with Gasteiger partial charge in [-0.2, -0.15) is 0 Å². The van der Waals surface area contributed by atoms with Gasteiger partial charge in [-0.3, -0.25) is 19.6 Å². The SMILES string of the molecule is COc1ccc2nccc(CCCN(CC(=O)O)CC3CN(c4ccc5c(c4)OCCO5)C(=O)O3)c2n1. The van der Waals surface area contributed by atoms with Crippen LogP contribution < -0.4 is 19.1 Å². The lowest BCUT2D eigenvalue weighted by molar-refractivity contribution is -0.138. The molecular weight excluding hydrogens is 480 g/mol. The second kappa shape index (κ2) is 10.9. The van der Waals surface area contributed by atoms with Crippen molar-refractivity contribution in [3.63, 3.8) is 0 Å². The quantitative estimate of drug-likeness (QED) is 0.437. The number of methoxy groups -OCH3 is 1. The number of benzene rings is 1. The fourth-order valence-corrected chi connectivity index (χ4v) is 4.61. The van der Waals surface area contributed by atoms with Crippen LogP contribution in [-0.2, 0) is 16.0 Å². The number of hydrogen-bond acceptors (Lipinski definition) is 9. The third kappa shape index (κ3) is 5.67. The first-order valence-electron chi connectivity index (χ1n) is 12.1. The van der Waals surface area contributed by atoms with Gasteiger partial charge in [0.25, 0.3) is 0 Å². The van der Waals surface area contributed by atoms with Crippen LogP contribution in [0.25, 0.3) is 11.0 Å². The van der Waals surface area contributed by atoms with Crippen LogP contribution in [0.5, 0.6) is 17.4 Å². The lowest BCUT2D eigenvalue weighted by Gasteiger charge is -2.23. The molecule has 194 valence electrons. The minimum absolute atomic E-state index is 0.152. The molecular formula is C26H28N4O7. The van der Waals surface area contributed by atoms with Gasteiger partial charge in [-0.25, -0.2) is 9.78 Å². The van der Waals surface area contributed by atoms with Crippen LogP contribution in [0.3, 0.4) is 0 Å². The molecule has 1 unspecified atom stereocenters. The Morgan fingerprint density at radius 3 is 2.84 bits per heavy atom. The van der Waals surface area contributed by atoms with E-state index in [9.17, 15) is 14.7 Å². The standard InChI is InChI=1S/C26H28N4O7/c1-34-23-7-5-20-25(28-23)17(8-9-27-20)3-2-10-29(16-24(31)32)14-19-15-30(26(33)37-19)18-4-6-21-22(13-18)36-12-11-35-21/h4-9,13,19H,2-3,10-12,14-16H2,1H3,(H,31,32). The molecule has 0 radical (unpaired) electrons. The van der Waals surface area contributed by atoms with Crippen molar-refractivity contribution in [3.05, 3.63) is 48.2 Å². The number of carbonyl (C=O) groups is 2. The average molecular weight is 509 g/mol. The number of hydrogen-bond donors (Lipinski definition) is 1. The van der Waals surface area contributed by atoms with Crippen molar-refractivity contribution < 1.29 is 33.6 Å². The van der Waals surface area contributed by atoms with Gasteiger partial charge in [0, 0.05) is 24.9 Å². The third-order valence-electron chi connectivity index (χ3n) is 6.30. The van der Waals surface area contributed by atoms with Crippen LogP contribution in [0, 0.1) is 0 Å². The van der Waals surface area contributed by atoms with Gasteiger partial charge in [0.15, 0.2) is 11.5 Å². The molecule has 1 saturated heterocycles. The molecule has 2 aliphatic rings. The second-order valence-electron chi connectivity index (χ2n) is 8.87. The second-order valence-corrected chi connectivity index (χ2v) is 8.87. The van der Waals surface area contributed by atoms with Crippen molar-refractivity contribution in [2.24, 2.45) is 0 Å². The highest BCUT2D eigenvalue weighted by molar-refractivity contribution is 5.90. The molecule has 0 spiro atoms. The van der Waals surface area contributed by atoms with E-state index >= 15 is 0 Å². The maximum atomic E-state index is 12.6. The Morgan fingerprint density at radius 2 is 2.03 bits per heavy atom. The summed E-state index contributed by atoms with van der Waals surface area (Å²) in [5.41, 5.74) is 3.20. The van der Waals surface area contributed by atoms with Crippen LogP contribution in [0.4, 0.5) is 10.5 Å². The van der Waals surface area contributed by atoms with Gasteiger partial charge in [0.05, 0.1) is 36.9 Å². The maximum Gasteiger partial charge on any atom is 0.414 e. The fraction of sp³-hybridized carbons (Fsp3) is 0.385. The molecule has 2 aliphatic heterocycles. The summed E-state index contributed by atoms with van der Waals surface area (Å²) in [6.45, 7) is 1.92. The van der Waals surface area contributed by atoms with E-state index in [-0.39, 0.29) is 6.54 Å². The number of aryl methyl sites for hydroxylation is 1. The van der Waals surface area contributed by atoms with Gasteiger partial charge in [0.1, 0.15) is 19.3 Å². The molecule has 1 aromatic carbocycles. The first kappa shape index (κ1) is 24.6.